The van der Waals surface area contributed by atoms with E-state index in [1.807, 2.05) is 63.6 Å². The van der Waals surface area contributed by atoms with Crippen molar-refractivity contribution in [2.24, 2.45) is 0 Å². The molecule has 0 aliphatic carbocycles. The predicted molar refractivity (Wildman–Crippen MR) is 79.5 cm³/mol. The van der Waals surface area contributed by atoms with E-state index in [0.717, 1.165) is 29.4 Å². The van der Waals surface area contributed by atoms with Gasteiger partial charge in [-0.15, -0.1) is 0 Å². The van der Waals surface area contributed by atoms with Crippen LogP contribution in [0.5, 0.6) is 0 Å². The molecular formula is C16H20N2O. The maximum absolute atomic E-state index is 12.5. The van der Waals surface area contributed by atoms with Crippen LogP contribution in [-0.4, -0.2) is 49.9 Å². The number of rotatable bonds is 4. The van der Waals surface area contributed by atoms with Gasteiger partial charge in [-0.1, -0.05) is 36.4 Å². The van der Waals surface area contributed by atoms with Gasteiger partial charge in [0.2, 0.25) is 0 Å². The SMILES string of the molecule is CN(C)CCN(C)C(=O)c1cccc2ccccc12. The zero-order valence-electron chi connectivity index (χ0n) is 11.8. The lowest BCUT2D eigenvalue weighted by atomic mass is 10.0. The molecule has 0 aliphatic heterocycles. The monoisotopic (exact) mass is 256 g/mol. The fraction of sp³-hybridized carbons (Fsp3) is 0.312. The molecule has 0 spiro atoms. The predicted octanol–water partition coefficient (Wildman–Crippen LogP) is 2.47. The maximum Gasteiger partial charge on any atom is 0.254 e. The van der Waals surface area contributed by atoms with Gasteiger partial charge in [0.25, 0.3) is 5.91 Å². The molecule has 0 bridgehead atoms. The fourth-order valence-corrected chi connectivity index (χ4v) is 2.07. The van der Waals surface area contributed by atoms with E-state index in [9.17, 15) is 4.79 Å². The minimum absolute atomic E-state index is 0.0821. The van der Waals surface area contributed by atoms with Gasteiger partial charge in [-0.05, 0) is 30.9 Å². The van der Waals surface area contributed by atoms with E-state index in [0.29, 0.717) is 0 Å². The fourth-order valence-electron chi connectivity index (χ4n) is 2.07. The highest BCUT2D eigenvalue weighted by molar-refractivity contribution is 6.06. The van der Waals surface area contributed by atoms with Gasteiger partial charge in [0, 0.05) is 25.7 Å². The van der Waals surface area contributed by atoms with Crippen LogP contribution >= 0.6 is 0 Å². The van der Waals surface area contributed by atoms with Crippen LogP contribution in [0.1, 0.15) is 10.4 Å². The van der Waals surface area contributed by atoms with Gasteiger partial charge in [0.1, 0.15) is 0 Å². The van der Waals surface area contributed by atoms with Gasteiger partial charge >= 0.3 is 0 Å². The molecular weight excluding hydrogens is 236 g/mol. The van der Waals surface area contributed by atoms with Gasteiger partial charge < -0.3 is 9.80 Å². The molecule has 2 aromatic carbocycles. The van der Waals surface area contributed by atoms with Crippen LogP contribution in [0.2, 0.25) is 0 Å². The molecule has 0 heterocycles. The molecule has 100 valence electrons. The average Bonchev–Trinajstić information content (AvgIpc) is 2.43. The Morgan fingerprint density at radius 3 is 2.37 bits per heavy atom. The van der Waals surface area contributed by atoms with E-state index in [1.165, 1.54) is 0 Å². The van der Waals surface area contributed by atoms with E-state index >= 15 is 0 Å². The zero-order chi connectivity index (χ0) is 13.8. The van der Waals surface area contributed by atoms with Crippen LogP contribution in [0.15, 0.2) is 42.5 Å². The normalized spacial score (nSPS) is 10.9. The molecule has 19 heavy (non-hydrogen) atoms. The minimum atomic E-state index is 0.0821. The summed E-state index contributed by atoms with van der Waals surface area (Å²) < 4.78 is 0. The summed E-state index contributed by atoms with van der Waals surface area (Å²) in [5, 5.41) is 2.13. The third kappa shape index (κ3) is 3.12. The quantitative estimate of drug-likeness (QED) is 0.839. The Morgan fingerprint density at radius 2 is 1.63 bits per heavy atom. The topological polar surface area (TPSA) is 23.6 Å². The number of fused-ring (bicyclic) bond motifs is 1. The van der Waals surface area contributed by atoms with Crippen molar-refractivity contribution in [3.05, 3.63) is 48.0 Å². The maximum atomic E-state index is 12.5. The van der Waals surface area contributed by atoms with Crippen LogP contribution in [0.3, 0.4) is 0 Å². The molecule has 0 aromatic heterocycles. The lowest BCUT2D eigenvalue weighted by molar-refractivity contribution is 0.0788. The van der Waals surface area contributed by atoms with Crippen molar-refractivity contribution in [2.75, 3.05) is 34.2 Å². The van der Waals surface area contributed by atoms with Gasteiger partial charge in [-0.25, -0.2) is 0 Å². The molecule has 2 aromatic rings. The third-order valence-electron chi connectivity index (χ3n) is 3.25. The summed E-state index contributed by atoms with van der Waals surface area (Å²) >= 11 is 0. The standard InChI is InChI=1S/C16H20N2O/c1-17(2)11-12-18(3)16(19)15-10-6-8-13-7-4-5-9-14(13)15/h4-10H,11-12H2,1-3H3. The summed E-state index contributed by atoms with van der Waals surface area (Å²) in [4.78, 5) is 16.3. The van der Waals surface area contributed by atoms with Crippen molar-refractivity contribution in [2.45, 2.75) is 0 Å². The van der Waals surface area contributed by atoms with Crippen molar-refractivity contribution >= 4 is 16.7 Å². The van der Waals surface area contributed by atoms with E-state index < -0.39 is 0 Å². The molecule has 0 radical (unpaired) electrons. The Hall–Kier alpha value is -1.87. The summed E-state index contributed by atoms with van der Waals surface area (Å²) in [6, 6.07) is 13.9. The largest absolute Gasteiger partial charge is 0.340 e. The summed E-state index contributed by atoms with van der Waals surface area (Å²) in [6.07, 6.45) is 0. The number of carbonyl (C=O) groups excluding carboxylic acids is 1. The number of likely N-dealkylation sites (N-methyl/N-ethyl adjacent to an activating group) is 2. The average molecular weight is 256 g/mol. The highest BCUT2D eigenvalue weighted by Crippen LogP contribution is 2.19. The van der Waals surface area contributed by atoms with E-state index in [4.69, 9.17) is 0 Å². The van der Waals surface area contributed by atoms with Gasteiger partial charge in [-0.3, -0.25) is 4.79 Å². The van der Waals surface area contributed by atoms with Crippen molar-refractivity contribution < 1.29 is 4.79 Å². The van der Waals surface area contributed by atoms with Crippen molar-refractivity contribution in [3.8, 4) is 0 Å². The molecule has 0 aliphatic rings. The van der Waals surface area contributed by atoms with Gasteiger partial charge in [0.15, 0.2) is 0 Å². The van der Waals surface area contributed by atoms with E-state index in [2.05, 4.69) is 4.90 Å². The Balaban J connectivity index is 2.26. The summed E-state index contributed by atoms with van der Waals surface area (Å²) in [5.74, 6) is 0.0821. The first-order chi connectivity index (χ1) is 9.09. The smallest absolute Gasteiger partial charge is 0.254 e. The molecule has 3 heteroatoms. The second-order valence-corrected chi connectivity index (χ2v) is 5.06. The Labute approximate surface area is 114 Å². The molecule has 0 atom stereocenters. The number of hydrogen-bond acceptors (Lipinski definition) is 2. The Kier molecular flexibility index (Phi) is 4.17. The van der Waals surface area contributed by atoms with Crippen LogP contribution < -0.4 is 0 Å². The van der Waals surface area contributed by atoms with Crippen LogP contribution in [0.4, 0.5) is 0 Å². The molecule has 0 saturated heterocycles. The number of carbonyl (C=O) groups is 1. The van der Waals surface area contributed by atoms with Crippen molar-refractivity contribution in [3.63, 3.8) is 0 Å². The first kappa shape index (κ1) is 13.6. The van der Waals surface area contributed by atoms with Crippen molar-refractivity contribution in [1.82, 2.24) is 9.80 Å². The number of benzene rings is 2. The Morgan fingerprint density at radius 1 is 0.947 bits per heavy atom. The second kappa shape index (κ2) is 5.85. The number of amides is 1. The van der Waals surface area contributed by atoms with Crippen LogP contribution in [0, 0.1) is 0 Å². The van der Waals surface area contributed by atoms with E-state index in [1.54, 1.807) is 4.90 Å². The zero-order valence-corrected chi connectivity index (χ0v) is 11.8. The van der Waals surface area contributed by atoms with E-state index in [-0.39, 0.29) is 5.91 Å². The summed E-state index contributed by atoms with van der Waals surface area (Å²) in [7, 11) is 5.88. The third-order valence-corrected chi connectivity index (χ3v) is 3.25. The highest BCUT2D eigenvalue weighted by Gasteiger charge is 2.14. The summed E-state index contributed by atoms with van der Waals surface area (Å²) in [5.41, 5.74) is 0.777. The molecule has 0 saturated carbocycles. The molecule has 1 amide bonds. The Bertz CT molecular complexity index is 572. The molecule has 2 rings (SSSR count). The first-order valence-corrected chi connectivity index (χ1v) is 6.47. The lowest BCUT2D eigenvalue weighted by Gasteiger charge is -2.20. The lowest BCUT2D eigenvalue weighted by Crippen LogP contribution is -2.33. The van der Waals surface area contributed by atoms with Crippen LogP contribution in [0.25, 0.3) is 10.8 Å². The molecule has 0 N–H and O–H groups in total. The highest BCUT2D eigenvalue weighted by atomic mass is 16.2. The van der Waals surface area contributed by atoms with Crippen LogP contribution in [-0.2, 0) is 0 Å². The number of nitrogens with zero attached hydrogens (tertiary/aromatic N) is 2. The minimum Gasteiger partial charge on any atom is -0.340 e. The number of hydrogen-bond donors (Lipinski definition) is 0. The van der Waals surface area contributed by atoms with Gasteiger partial charge in [0.05, 0.1) is 0 Å². The molecule has 0 unspecified atom stereocenters. The van der Waals surface area contributed by atoms with Gasteiger partial charge in [-0.2, -0.15) is 0 Å². The van der Waals surface area contributed by atoms with Crippen molar-refractivity contribution in [1.29, 1.82) is 0 Å². The second-order valence-electron chi connectivity index (χ2n) is 5.06. The first-order valence-electron chi connectivity index (χ1n) is 6.47. The summed E-state index contributed by atoms with van der Waals surface area (Å²) in [6.45, 7) is 1.60. The molecule has 3 nitrogen and oxygen atoms in total. The molecule has 0 fully saturated rings.